The fraction of sp³-hybridized carbons (Fsp3) is 0.250. The normalized spacial score (nSPS) is 11.2. The van der Waals surface area contributed by atoms with Crippen LogP contribution in [0.3, 0.4) is 0 Å². The van der Waals surface area contributed by atoms with Crippen molar-refractivity contribution in [2.75, 3.05) is 43.7 Å². The monoisotopic (exact) mass is 407 g/mol. The lowest BCUT2D eigenvalue weighted by atomic mass is 10.0. The first kappa shape index (κ1) is 19.1. The first-order valence-corrected chi connectivity index (χ1v) is 10.1. The van der Waals surface area contributed by atoms with E-state index in [1.54, 1.807) is 4.40 Å². The number of nitrogens with zero attached hydrogens (tertiary/aromatic N) is 7. The van der Waals surface area contributed by atoms with E-state index in [1.807, 2.05) is 80.5 Å². The Labute approximate surface area is 172 Å². The Kier molecular flexibility index (Phi) is 5.06. The third-order valence-electron chi connectivity index (χ3n) is 4.44. The van der Waals surface area contributed by atoms with Crippen LogP contribution in [-0.4, -0.2) is 64.3 Å². The van der Waals surface area contributed by atoms with Crippen molar-refractivity contribution in [2.45, 2.75) is 5.16 Å². The Bertz CT molecular complexity index is 1200. The van der Waals surface area contributed by atoms with E-state index in [0.29, 0.717) is 28.4 Å². The minimum Gasteiger partial charge on any atom is -0.348 e. The fourth-order valence-corrected chi connectivity index (χ4v) is 3.84. The lowest BCUT2D eigenvalue weighted by Gasteiger charge is -2.17. The zero-order chi connectivity index (χ0) is 20.5. The maximum absolute atomic E-state index is 12.9. The zero-order valence-corrected chi connectivity index (χ0v) is 17.5. The largest absolute Gasteiger partial charge is 0.348 e. The van der Waals surface area contributed by atoms with Crippen LogP contribution in [0.5, 0.6) is 0 Å². The van der Waals surface area contributed by atoms with Gasteiger partial charge in [0, 0.05) is 33.8 Å². The van der Waals surface area contributed by atoms with Gasteiger partial charge in [-0.05, 0) is 10.8 Å². The second-order valence-electron chi connectivity index (χ2n) is 6.97. The maximum atomic E-state index is 12.9. The molecule has 0 unspecified atom stereocenters. The van der Waals surface area contributed by atoms with E-state index in [1.165, 1.54) is 11.8 Å². The van der Waals surface area contributed by atoms with Crippen LogP contribution in [0.15, 0.2) is 47.6 Å². The summed E-state index contributed by atoms with van der Waals surface area (Å²) in [7, 11) is 7.55. The first-order valence-electron chi connectivity index (χ1n) is 9.07. The molecule has 0 amide bonds. The van der Waals surface area contributed by atoms with E-state index in [2.05, 4.69) is 20.2 Å². The fourth-order valence-electron chi connectivity index (χ4n) is 3.03. The molecule has 0 saturated carbocycles. The highest BCUT2D eigenvalue weighted by Gasteiger charge is 2.19. The molecule has 0 atom stereocenters. The van der Waals surface area contributed by atoms with Crippen molar-refractivity contribution in [1.82, 2.24) is 24.6 Å². The van der Waals surface area contributed by atoms with Crippen LogP contribution in [-0.2, 0) is 0 Å². The van der Waals surface area contributed by atoms with Gasteiger partial charge in [-0.1, -0.05) is 54.2 Å². The predicted octanol–water partition coefficient (Wildman–Crippen LogP) is 2.78. The topological polar surface area (TPSA) is 79.5 Å². The van der Waals surface area contributed by atoms with Gasteiger partial charge >= 0.3 is 0 Å². The van der Waals surface area contributed by atoms with Gasteiger partial charge < -0.3 is 9.80 Å². The Morgan fingerprint density at radius 3 is 2.48 bits per heavy atom. The smallest absolute Gasteiger partial charge is 0.261 e. The SMILES string of the molecule is CN(C)c1nc(N(C)C)n2c(SCC(=O)c3cccc4ccccc34)nnc2n1. The van der Waals surface area contributed by atoms with Crippen LogP contribution in [0, 0.1) is 0 Å². The van der Waals surface area contributed by atoms with Crippen LogP contribution in [0.2, 0.25) is 0 Å². The first-order chi connectivity index (χ1) is 14.0. The number of carbonyl (C=O) groups is 1. The molecule has 0 saturated heterocycles. The minimum absolute atomic E-state index is 0.0424. The second-order valence-corrected chi connectivity index (χ2v) is 7.91. The van der Waals surface area contributed by atoms with Gasteiger partial charge in [-0.25, -0.2) is 4.40 Å². The molecule has 4 aromatic rings. The zero-order valence-electron chi connectivity index (χ0n) is 16.7. The molecule has 2 aromatic carbocycles. The summed E-state index contributed by atoms with van der Waals surface area (Å²) >= 11 is 1.33. The number of ketones is 1. The number of Topliss-reactive ketones (excluding diaryl/α,β-unsaturated/α-hetero) is 1. The molecule has 0 spiro atoms. The number of aromatic nitrogens is 5. The Hall–Kier alpha value is -3.20. The van der Waals surface area contributed by atoms with Crippen LogP contribution in [0.25, 0.3) is 16.6 Å². The van der Waals surface area contributed by atoms with E-state index < -0.39 is 0 Å². The van der Waals surface area contributed by atoms with Gasteiger partial charge in [-0.2, -0.15) is 9.97 Å². The standard InChI is InChI=1S/C20H21N7OS/c1-25(2)17-21-18-23-24-20(27(18)19(22-17)26(3)4)29-12-16(28)15-11-7-9-13-8-5-6-10-14(13)15/h5-11H,12H2,1-4H3. The molecular formula is C20H21N7OS. The van der Waals surface area contributed by atoms with Crippen molar-refractivity contribution in [3.63, 3.8) is 0 Å². The van der Waals surface area contributed by atoms with Crippen molar-refractivity contribution in [3.8, 4) is 0 Å². The van der Waals surface area contributed by atoms with Gasteiger partial charge in [0.15, 0.2) is 10.9 Å². The summed E-state index contributed by atoms with van der Waals surface area (Å²) in [4.78, 5) is 25.6. The molecule has 0 radical (unpaired) electrons. The molecule has 148 valence electrons. The number of thioether (sulfide) groups is 1. The summed E-state index contributed by atoms with van der Waals surface area (Å²) in [5, 5.41) is 11.0. The van der Waals surface area contributed by atoms with E-state index in [0.717, 1.165) is 10.8 Å². The van der Waals surface area contributed by atoms with Crippen molar-refractivity contribution >= 4 is 46.0 Å². The summed E-state index contributed by atoms with van der Waals surface area (Å²) in [6.07, 6.45) is 0. The quantitative estimate of drug-likeness (QED) is 0.357. The van der Waals surface area contributed by atoms with Crippen LogP contribution >= 0.6 is 11.8 Å². The van der Waals surface area contributed by atoms with Crippen LogP contribution < -0.4 is 9.80 Å². The molecule has 2 aromatic heterocycles. The van der Waals surface area contributed by atoms with Gasteiger partial charge in [0.25, 0.3) is 5.78 Å². The van der Waals surface area contributed by atoms with E-state index in [9.17, 15) is 4.79 Å². The van der Waals surface area contributed by atoms with Crippen molar-refractivity contribution in [1.29, 1.82) is 0 Å². The maximum Gasteiger partial charge on any atom is 0.261 e. The molecule has 0 aliphatic rings. The van der Waals surface area contributed by atoms with Gasteiger partial charge in [-0.3, -0.25) is 4.79 Å². The molecule has 29 heavy (non-hydrogen) atoms. The van der Waals surface area contributed by atoms with Crippen molar-refractivity contribution in [2.24, 2.45) is 0 Å². The molecule has 9 heteroatoms. The Morgan fingerprint density at radius 1 is 0.966 bits per heavy atom. The number of benzene rings is 2. The van der Waals surface area contributed by atoms with Gasteiger partial charge in [0.05, 0.1) is 5.75 Å². The van der Waals surface area contributed by atoms with E-state index in [4.69, 9.17) is 0 Å². The molecular weight excluding hydrogens is 386 g/mol. The lowest BCUT2D eigenvalue weighted by molar-refractivity contribution is 0.102. The number of anilines is 2. The highest BCUT2D eigenvalue weighted by Crippen LogP contribution is 2.25. The van der Waals surface area contributed by atoms with Crippen LogP contribution in [0.4, 0.5) is 11.9 Å². The number of fused-ring (bicyclic) bond motifs is 2. The van der Waals surface area contributed by atoms with Crippen LogP contribution in [0.1, 0.15) is 10.4 Å². The molecule has 0 aliphatic carbocycles. The van der Waals surface area contributed by atoms with E-state index in [-0.39, 0.29) is 11.5 Å². The summed E-state index contributed by atoms with van der Waals surface area (Å²) in [5.41, 5.74) is 0.711. The van der Waals surface area contributed by atoms with Crippen molar-refractivity contribution < 1.29 is 4.79 Å². The molecule has 0 bridgehead atoms. The number of carbonyl (C=O) groups excluding carboxylic acids is 1. The van der Waals surface area contributed by atoms with Gasteiger partial charge in [0.1, 0.15) is 0 Å². The average Bonchev–Trinajstić information content (AvgIpc) is 3.13. The average molecular weight is 408 g/mol. The van der Waals surface area contributed by atoms with E-state index >= 15 is 0 Å². The highest BCUT2D eigenvalue weighted by molar-refractivity contribution is 7.99. The Morgan fingerprint density at radius 2 is 1.72 bits per heavy atom. The molecule has 2 heterocycles. The number of rotatable bonds is 6. The lowest BCUT2D eigenvalue weighted by Crippen LogP contribution is -2.20. The molecule has 0 fully saturated rings. The molecule has 0 aliphatic heterocycles. The third-order valence-corrected chi connectivity index (χ3v) is 5.37. The Balaban J connectivity index is 1.65. The predicted molar refractivity (Wildman–Crippen MR) is 116 cm³/mol. The summed E-state index contributed by atoms with van der Waals surface area (Å²) in [6, 6.07) is 13.7. The second kappa shape index (κ2) is 7.67. The van der Waals surface area contributed by atoms with Gasteiger partial charge in [-0.15, -0.1) is 10.2 Å². The molecule has 8 nitrogen and oxygen atoms in total. The minimum atomic E-state index is 0.0424. The summed E-state index contributed by atoms with van der Waals surface area (Å²) in [5.74, 6) is 1.95. The summed E-state index contributed by atoms with van der Waals surface area (Å²) < 4.78 is 1.77. The molecule has 0 N–H and O–H groups in total. The third kappa shape index (κ3) is 3.61. The summed E-state index contributed by atoms with van der Waals surface area (Å²) in [6.45, 7) is 0. The van der Waals surface area contributed by atoms with Gasteiger partial charge in [0.2, 0.25) is 11.9 Å². The van der Waals surface area contributed by atoms with Crippen molar-refractivity contribution in [3.05, 3.63) is 48.0 Å². The number of hydrogen-bond donors (Lipinski definition) is 0. The number of hydrogen-bond acceptors (Lipinski definition) is 8. The highest BCUT2D eigenvalue weighted by atomic mass is 32.2. The molecule has 4 rings (SSSR count).